The van der Waals surface area contributed by atoms with Crippen molar-refractivity contribution in [2.24, 2.45) is 5.73 Å². The number of benzene rings is 3. The van der Waals surface area contributed by atoms with Crippen LogP contribution in [0.3, 0.4) is 0 Å². The molecule has 5 nitrogen and oxygen atoms in total. The van der Waals surface area contributed by atoms with Gasteiger partial charge in [-0.1, -0.05) is 42.5 Å². The molecule has 0 unspecified atom stereocenters. The van der Waals surface area contributed by atoms with Gasteiger partial charge in [0.2, 0.25) is 0 Å². The molecule has 0 saturated carbocycles. The first-order valence-electron chi connectivity index (χ1n) is 13.6. The van der Waals surface area contributed by atoms with Crippen LogP contribution in [0.2, 0.25) is 0 Å². The zero-order chi connectivity index (χ0) is 28.1. The molecule has 4 aromatic rings. The Kier molecular flexibility index (Phi) is 8.73. The number of nitrogens with two attached hydrogens (primary N) is 1. The number of piperazine rings is 1. The van der Waals surface area contributed by atoms with Crippen LogP contribution in [0.5, 0.6) is 5.75 Å². The Balaban J connectivity index is 1.29. The predicted octanol–water partition coefficient (Wildman–Crippen LogP) is 6.34. The molecular formula is C31H34F4N4O. The van der Waals surface area contributed by atoms with Crippen molar-refractivity contribution in [3.63, 3.8) is 0 Å². The fraction of sp³-hybridized carbons (Fsp3) is 0.355. The molecule has 3 aromatic carbocycles. The molecule has 1 aliphatic heterocycles. The van der Waals surface area contributed by atoms with Crippen LogP contribution in [0.15, 0.2) is 72.9 Å². The third kappa shape index (κ3) is 7.02. The zero-order valence-electron chi connectivity index (χ0n) is 22.3. The molecule has 1 aliphatic rings. The number of alkyl halides is 4. The first-order chi connectivity index (χ1) is 19.3. The highest BCUT2D eigenvalue weighted by molar-refractivity contribution is 5.96. The normalized spacial score (nSPS) is 15.1. The summed E-state index contributed by atoms with van der Waals surface area (Å²) in [5, 5.41) is 1.06. The van der Waals surface area contributed by atoms with Crippen molar-refractivity contribution in [2.75, 3.05) is 32.7 Å². The second-order valence-electron chi connectivity index (χ2n) is 10.3. The summed E-state index contributed by atoms with van der Waals surface area (Å²) in [4.78, 5) is 4.87. The Bertz CT molecular complexity index is 1390. The van der Waals surface area contributed by atoms with Gasteiger partial charge in [0.1, 0.15) is 12.4 Å². The maximum absolute atomic E-state index is 12.8. The number of aryl methyl sites for hydroxylation is 1. The molecule has 0 spiro atoms. The van der Waals surface area contributed by atoms with Crippen molar-refractivity contribution >= 4 is 10.9 Å². The fourth-order valence-electron chi connectivity index (χ4n) is 5.31. The van der Waals surface area contributed by atoms with Gasteiger partial charge in [-0.25, -0.2) is 4.39 Å². The van der Waals surface area contributed by atoms with Crippen LogP contribution >= 0.6 is 0 Å². The van der Waals surface area contributed by atoms with Crippen LogP contribution in [-0.2, 0) is 26.3 Å². The lowest BCUT2D eigenvalue weighted by Crippen LogP contribution is -2.45. The third-order valence-corrected chi connectivity index (χ3v) is 7.40. The van der Waals surface area contributed by atoms with Gasteiger partial charge in [-0.3, -0.25) is 9.80 Å². The van der Waals surface area contributed by atoms with Gasteiger partial charge in [0.15, 0.2) is 0 Å². The average molecular weight is 555 g/mol. The smallest absolute Gasteiger partial charge is 0.406 e. The van der Waals surface area contributed by atoms with E-state index in [1.807, 2.05) is 24.3 Å². The van der Waals surface area contributed by atoms with Gasteiger partial charge >= 0.3 is 6.36 Å². The molecule has 0 bridgehead atoms. The van der Waals surface area contributed by atoms with E-state index in [0.29, 0.717) is 12.1 Å². The van der Waals surface area contributed by atoms with Crippen LogP contribution in [0.1, 0.15) is 23.1 Å². The monoisotopic (exact) mass is 554 g/mol. The maximum Gasteiger partial charge on any atom is 0.573 e. The molecular weight excluding hydrogens is 520 g/mol. The van der Waals surface area contributed by atoms with Crippen LogP contribution in [0.4, 0.5) is 17.6 Å². The van der Waals surface area contributed by atoms with E-state index in [0.717, 1.165) is 74.3 Å². The Morgan fingerprint density at radius 1 is 0.775 bits per heavy atom. The minimum Gasteiger partial charge on any atom is -0.406 e. The maximum atomic E-state index is 12.8. The highest BCUT2D eigenvalue weighted by Crippen LogP contribution is 2.34. The van der Waals surface area contributed by atoms with Crippen molar-refractivity contribution in [3.8, 4) is 16.9 Å². The minimum atomic E-state index is -4.72. The summed E-state index contributed by atoms with van der Waals surface area (Å²) in [6, 6.07) is 20.2. The van der Waals surface area contributed by atoms with Crippen LogP contribution < -0.4 is 10.5 Å². The first kappa shape index (κ1) is 28.1. The Labute approximate surface area is 231 Å². The third-order valence-electron chi connectivity index (χ3n) is 7.40. The van der Waals surface area contributed by atoms with Gasteiger partial charge in [0, 0.05) is 68.5 Å². The van der Waals surface area contributed by atoms with E-state index in [2.05, 4.69) is 43.5 Å². The van der Waals surface area contributed by atoms with E-state index in [-0.39, 0.29) is 5.75 Å². The summed E-state index contributed by atoms with van der Waals surface area (Å²) >= 11 is 0. The summed E-state index contributed by atoms with van der Waals surface area (Å²) < 4.78 is 56.9. The lowest BCUT2D eigenvalue weighted by molar-refractivity contribution is -0.274. The van der Waals surface area contributed by atoms with Crippen molar-refractivity contribution in [1.82, 2.24) is 14.4 Å². The molecule has 0 atom stereocenters. The SMILES string of the molecule is NCCCn1cc(-c2ccc(OC(F)(F)F)cc2)c2cc(CN3CCN(Cc4ccc(CF)cc4)CC3)ccc21. The van der Waals surface area contributed by atoms with E-state index in [9.17, 15) is 17.6 Å². The van der Waals surface area contributed by atoms with Crippen LogP contribution in [-0.4, -0.2) is 53.5 Å². The largest absolute Gasteiger partial charge is 0.573 e. The molecule has 9 heteroatoms. The van der Waals surface area contributed by atoms with Gasteiger partial charge in [-0.2, -0.15) is 0 Å². The molecule has 40 heavy (non-hydrogen) atoms. The van der Waals surface area contributed by atoms with Crippen molar-refractivity contribution in [3.05, 3.63) is 89.6 Å². The Morgan fingerprint density at radius 2 is 1.38 bits per heavy atom. The van der Waals surface area contributed by atoms with Gasteiger partial charge in [0.05, 0.1) is 0 Å². The number of fused-ring (bicyclic) bond motifs is 1. The van der Waals surface area contributed by atoms with E-state index in [1.165, 1.54) is 23.3 Å². The molecule has 5 rings (SSSR count). The molecule has 0 radical (unpaired) electrons. The quantitative estimate of drug-likeness (QED) is 0.232. The summed E-state index contributed by atoms with van der Waals surface area (Å²) in [5.41, 5.74) is 11.7. The minimum absolute atomic E-state index is 0.236. The standard InChI is InChI=1S/C31H34F4N4O/c32-19-23-2-4-24(5-3-23)20-37-14-16-38(17-15-37)21-25-6-11-30-28(18-25)29(22-39(30)13-1-12-36)26-7-9-27(10-8-26)40-31(33,34)35/h2-11,18,22H,1,12-17,19-21,36H2. The second-order valence-corrected chi connectivity index (χ2v) is 10.3. The zero-order valence-corrected chi connectivity index (χ0v) is 22.3. The Hall–Kier alpha value is -3.40. The molecule has 1 saturated heterocycles. The summed E-state index contributed by atoms with van der Waals surface area (Å²) in [6.07, 6.45) is -1.84. The van der Waals surface area contributed by atoms with E-state index < -0.39 is 13.0 Å². The first-order valence-corrected chi connectivity index (χ1v) is 13.6. The fourth-order valence-corrected chi connectivity index (χ4v) is 5.31. The van der Waals surface area contributed by atoms with Gasteiger partial charge < -0.3 is 15.0 Å². The number of hydrogen-bond donors (Lipinski definition) is 1. The predicted molar refractivity (Wildman–Crippen MR) is 150 cm³/mol. The summed E-state index contributed by atoms with van der Waals surface area (Å²) in [6.45, 7) is 6.40. The second kappa shape index (κ2) is 12.4. The van der Waals surface area contributed by atoms with Crippen molar-refractivity contribution in [2.45, 2.75) is 39.1 Å². The van der Waals surface area contributed by atoms with Crippen molar-refractivity contribution < 1.29 is 22.3 Å². The summed E-state index contributed by atoms with van der Waals surface area (Å²) in [5.74, 6) is -0.236. The molecule has 1 aromatic heterocycles. The number of nitrogens with zero attached hydrogens (tertiary/aromatic N) is 3. The van der Waals surface area contributed by atoms with Gasteiger partial charge in [-0.05, 0) is 59.5 Å². The molecule has 2 N–H and O–H groups in total. The van der Waals surface area contributed by atoms with E-state index >= 15 is 0 Å². The molecule has 1 fully saturated rings. The average Bonchev–Trinajstić information content (AvgIpc) is 3.30. The molecule has 0 amide bonds. The molecule has 2 heterocycles. The summed E-state index contributed by atoms with van der Waals surface area (Å²) in [7, 11) is 0. The van der Waals surface area contributed by atoms with Gasteiger partial charge in [-0.15, -0.1) is 13.2 Å². The number of hydrogen-bond acceptors (Lipinski definition) is 4. The topological polar surface area (TPSA) is 46.7 Å². The van der Waals surface area contributed by atoms with Crippen LogP contribution in [0.25, 0.3) is 22.0 Å². The van der Waals surface area contributed by atoms with E-state index in [1.54, 1.807) is 12.1 Å². The number of aromatic nitrogens is 1. The Morgan fingerprint density at radius 3 is 1.98 bits per heavy atom. The number of halogens is 4. The lowest BCUT2D eigenvalue weighted by Gasteiger charge is -2.34. The molecule has 212 valence electrons. The lowest BCUT2D eigenvalue weighted by atomic mass is 10.0. The highest BCUT2D eigenvalue weighted by Gasteiger charge is 2.31. The van der Waals surface area contributed by atoms with E-state index in [4.69, 9.17) is 5.73 Å². The van der Waals surface area contributed by atoms with Crippen LogP contribution in [0, 0.1) is 0 Å². The van der Waals surface area contributed by atoms with Crippen molar-refractivity contribution in [1.29, 1.82) is 0 Å². The number of rotatable bonds is 10. The number of ether oxygens (including phenoxy) is 1. The highest BCUT2D eigenvalue weighted by atomic mass is 19.4. The van der Waals surface area contributed by atoms with Gasteiger partial charge in [0.25, 0.3) is 0 Å². The molecule has 0 aliphatic carbocycles.